The van der Waals surface area contributed by atoms with E-state index in [9.17, 15) is 18.0 Å². The van der Waals surface area contributed by atoms with Gasteiger partial charge in [-0.05, 0) is 49.1 Å². The SMILES string of the molecule is CC(C)CNC(=O)C(C)N(Cc1ccc(Cl)c(Cl)c1)C(=O)CCCN(c1ccc2c(c1)OCCO2)S(C)(=O)=O. The van der Waals surface area contributed by atoms with Crippen LogP contribution in [0.4, 0.5) is 5.69 Å². The molecule has 2 aromatic carbocycles. The second-order valence-corrected chi connectivity index (χ2v) is 12.6. The van der Waals surface area contributed by atoms with Gasteiger partial charge in [0.2, 0.25) is 21.8 Å². The van der Waals surface area contributed by atoms with E-state index in [1.54, 1.807) is 43.3 Å². The van der Waals surface area contributed by atoms with Gasteiger partial charge >= 0.3 is 0 Å². The molecule has 2 amide bonds. The summed E-state index contributed by atoms with van der Waals surface area (Å²) in [4.78, 5) is 27.8. The number of nitrogens with zero attached hydrogens (tertiary/aromatic N) is 2. The maximum absolute atomic E-state index is 13.4. The van der Waals surface area contributed by atoms with Gasteiger partial charge in [0.15, 0.2) is 11.5 Å². The van der Waals surface area contributed by atoms with Crippen LogP contribution in [0.5, 0.6) is 11.5 Å². The van der Waals surface area contributed by atoms with E-state index in [-0.39, 0.29) is 43.7 Å². The Labute approximate surface area is 240 Å². The minimum Gasteiger partial charge on any atom is -0.486 e. The standard InChI is InChI=1S/C27H35Cl2N3O6S/c1-18(2)16-30-27(34)19(3)31(17-20-7-9-22(28)23(29)14-20)26(33)6-5-11-32(39(4,35)36)21-8-10-24-25(15-21)38-13-12-37-24/h7-10,14-15,18-19H,5-6,11-13,16-17H2,1-4H3,(H,30,34). The molecular weight excluding hydrogens is 565 g/mol. The van der Waals surface area contributed by atoms with Crippen molar-refractivity contribution in [2.24, 2.45) is 5.92 Å². The second kappa shape index (κ2) is 13.6. The average molecular weight is 601 g/mol. The van der Waals surface area contributed by atoms with E-state index in [1.165, 1.54) is 9.21 Å². The van der Waals surface area contributed by atoms with E-state index in [0.29, 0.717) is 47.0 Å². The maximum atomic E-state index is 13.4. The number of benzene rings is 2. The number of carbonyl (C=O) groups is 2. The molecule has 9 nitrogen and oxygen atoms in total. The first-order valence-corrected chi connectivity index (χ1v) is 15.4. The summed E-state index contributed by atoms with van der Waals surface area (Å²) < 4.78 is 37.6. The summed E-state index contributed by atoms with van der Waals surface area (Å²) in [6.07, 6.45) is 1.38. The molecule has 0 aliphatic carbocycles. The predicted octanol–water partition coefficient (Wildman–Crippen LogP) is 4.50. The first kappa shape index (κ1) is 30.8. The summed E-state index contributed by atoms with van der Waals surface area (Å²) in [6.45, 7) is 7.14. The zero-order chi connectivity index (χ0) is 28.7. The highest BCUT2D eigenvalue weighted by Crippen LogP contribution is 2.35. The van der Waals surface area contributed by atoms with Crippen LogP contribution in [-0.4, -0.2) is 63.7 Å². The highest BCUT2D eigenvalue weighted by Gasteiger charge is 2.27. The number of nitrogens with one attached hydrogen (secondary N) is 1. The van der Waals surface area contributed by atoms with Gasteiger partial charge in [0, 0.05) is 32.1 Å². The molecule has 1 atom stereocenters. The summed E-state index contributed by atoms with van der Waals surface area (Å²) in [7, 11) is -3.64. The van der Waals surface area contributed by atoms with Gasteiger partial charge in [-0.2, -0.15) is 0 Å². The summed E-state index contributed by atoms with van der Waals surface area (Å²) in [5.74, 6) is 0.715. The highest BCUT2D eigenvalue weighted by atomic mass is 35.5. The van der Waals surface area contributed by atoms with Crippen LogP contribution in [0.1, 0.15) is 39.2 Å². The molecule has 39 heavy (non-hydrogen) atoms. The van der Waals surface area contributed by atoms with E-state index in [1.807, 2.05) is 13.8 Å². The maximum Gasteiger partial charge on any atom is 0.242 e. The third-order valence-corrected chi connectivity index (χ3v) is 8.09. The second-order valence-electron chi connectivity index (χ2n) is 9.85. The van der Waals surface area contributed by atoms with Crippen molar-refractivity contribution in [1.29, 1.82) is 0 Å². The molecule has 2 aromatic rings. The Bertz CT molecular complexity index is 1290. The summed E-state index contributed by atoms with van der Waals surface area (Å²) in [5.41, 5.74) is 1.14. The van der Waals surface area contributed by atoms with Gasteiger partial charge in [0.05, 0.1) is 22.0 Å². The Morgan fingerprint density at radius 2 is 1.69 bits per heavy atom. The lowest BCUT2D eigenvalue weighted by Crippen LogP contribution is -2.48. The number of hydrogen-bond acceptors (Lipinski definition) is 6. The zero-order valence-corrected chi connectivity index (χ0v) is 24.9. The van der Waals surface area contributed by atoms with Gasteiger partial charge in [-0.25, -0.2) is 8.42 Å². The van der Waals surface area contributed by atoms with Crippen LogP contribution >= 0.6 is 23.2 Å². The van der Waals surface area contributed by atoms with Crippen molar-refractivity contribution < 1.29 is 27.5 Å². The summed E-state index contributed by atoms with van der Waals surface area (Å²) >= 11 is 12.2. The largest absolute Gasteiger partial charge is 0.486 e. The van der Waals surface area contributed by atoms with Gasteiger partial charge < -0.3 is 19.7 Å². The molecule has 0 spiro atoms. The molecule has 3 rings (SSSR count). The number of carbonyl (C=O) groups excluding carboxylic acids is 2. The third kappa shape index (κ3) is 8.65. The third-order valence-electron chi connectivity index (χ3n) is 6.15. The van der Waals surface area contributed by atoms with Crippen LogP contribution in [0.3, 0.4) is 0 Å². The summed E-state index contributed by atoms with van der Waals surface area (Å²) in [5, 5.41) is 3.61. The quantitative estimate of drug-likeness (QED) is 0.385. The normalized spacial score (nSPS) is 13.6. The van der Waals surface area contributed by atoms with Crippen molar-refractivity contribution in [1.82, 2.24) is 10.2 Å². The topological polar surface area (TPSA) is 105 Å². The Hall–Kier alpha value is -2.69. The van der Waals surface area contributed by atoms with E-state index >= 15 is 0 Å². The number of hydrogen-bond donors (Lipinski definition) is 1. The number of rotatable bonds is 12. The Morgan fingerprint density at radius 1 is 1.00 bits per heavy atom. The van der Waals surface area contributed by atoms with E-state index in [0.717, 1.165) is 11.8 Å². The minimum absolute atomic E-state index is 0.0275. The lowest BCUT2D eigenvalue weighted by Gasteiger charge is -2.30. The van der Waals surface area contributed by atoms with Crippen molar-refractivity contribution in [2.45, 2.75) is 46.2 Å². The van der Waals surface area contributed by atoms with Crippen LogP contribution in [0.2, 0.25) is 10.0 Å². The van der Waals surface area contributed by atoms with Crippen molar-refractivity contribution >= 4 is 50.7 Å². The van der Waals surface area contributed by atoms with Crippen LogP contribution in [0.25, 0.3) is 0 Å². The average Bonchev–Trinajstić information content (AvgIpc) is 2.88. The minimum atomic E-state index is -3.64. The lowest BCUT2D eigenvalue weighted by molar-refractivity contribution is -0.140. The van der Waals surface area contributed by atoms with Crippen LogP contribution in [-0.2, 0) is 26.2 Å². The molecule has 0 saturated carbocycles. The number of halogens is 2. The molecule has 0 fully saturated rings. The predicted molar refractivity (Wildman–Crippen MR) is 153 cm³/mol. The highest BCUT2D eigenvalue weighted by molar-refractivity contribution is 7.92. The Morgan fingerprint density at radius 3 is 2.33 bits per heavy atom. The van der Waals surface area contributed by atoms with E-state index in [2.05, 4.69) is 5.32 Å². The van der Waals surface area contributed by atoms with Crippen molar-refractivity contribution in [2.75, 3.05) is 36.9 Å². The molecule has 12 heteroatoms. The summed E-state index contributed by atoms with van der Waals surface area (Å²) in [6, 6.07) is 9.24. The lowest BCUT2D eigenvalue weighted by atomic mass is 10.1. The van der Waals surface area contributed by atoms with Gasteiger partial charge in [0.25, 0.3) is 0 Å². The monoisotopic (exact) mass is 599 g/mol. The first-order valence-electron chi connectivity index (χ1n) is 12.7. The first-order chi connectivity index (χ1) is 18.4. The van der Waals surface area contributed by atoms with E-state index < -0.39 is 16.1 Å². The molecular formula is C27H35Cl2N3O6S. The Kier molecular flexibility index (Phi) is 10.7. The van der Waals surface area contributed by atoms with Crippen molar-refractivity contribution in [3.05, 3.63) is 52.0 Å². The number of fused-ring (bicyclic) bond motifs is 1. The fraction of sp³-hybridized carbons (Fsp3) is 0.481. The molecule has 1 aliphatic heterocycles. The molecule has 1 aliphatic rings. The van der Waals surface area contributed by atoms with E-state index in [4.69, 9.17) is 32.7 Å². The molecule has 0 radical (unpaired) electrons. The zero-order valence-electron chi connectivity index (χ0n) is 22.6. The van der Waals surface area contributed by atoms with Crippen LogP contribution < -0.4 is 19.1 Å². The number of amides is 2. The molecule has 214 valence electrons. The number of sulfonamides is 1. The fourth-order valence-corrected chi connectivity index (χ4v) is 5.34. The smallest absolute Gasteiger partial charge is 0.242 e. The molecule has 0 aromatic heterocycles. The molecule has 0 saturated heterocycles. The Balaban J connectivity index is 1.74. The van der Waals surface area contributed by atoms with Gasteiger partial charge in [-0.3, -0.25) is 13.9 Å². The fourth-order valence-electron chi connectivity index (χ4n) is 4.06. The molecule has 1 N–H and O–H groups in total. The van der Waals surface area contributed by atoms with Gasteiger partial charge in [0.1, 0.15) is 19.3 Å². The number of ether oxygens (including phenoxy) is 2. The number of anilines is 1. The molecule has 1 unspecified atom stereocenters. The van der Waals surface area contributed by atoms with Gasteiger partial charge in [-0.15, -0.1) is 0 Å². The molecule has 0 bridgehead atoms. The molecule has 1 heterocycles. The van der Waals surface area contributed by atoms with Crippen molar-refractivity contribution in [3.8, 4) is 11.5 Å². The van der Waals surface area contributed by atoms with Crippen LogP contribution in [0.15, 0.2) is 36.4 Å². The van der Waals surface area contributed by atoms with Crippen LogP contribution in [0, 0.1) is 5.92 Å². The van der Waals surface area contributed by atoms with Crippen molar-refractivity contribution in [3.63, 3.8) is 0 Å². The van der Waals surface area contributed by atoms with Gasteiger partial charge in [-0.1, -0.05) is 43.1 Å².